The van der Waals surface area contributed by atoms with Crippen LogP contribution in [0.25, 0.3) is 6.08 Å². The topological polar surface area (TPSA) is 59.3 Å². The third-order valence-corrected chi connectivity index (χ3v) is 5.02. The van der Waals surface area contributed by atoms with Crippen LogP contribution in [0, 0.1) is 0 Å². The van der Waals surface area contributed by atoms with E-state index in [-0.39, 0.29) is 17.9 Å². The van der Waals surface area contributed by atoms with E-state index >= 15 is 0 Å². The number of carbonyl (C=O) groups excluding carboxylic acids is 2. The van der Waals surface area contributed by atoms with Crippen LogP contribution in [-0.4, -0.2) is 39.4 Å². The lowest BCUT2D eigenvalue weighted by Crippen LogP contribution is -2.38. The average molecular weight is 354 g/mol. The molecule has 2 aromatic rings. The summed E-state index contributed by atoms with van der Waals surface area (Å²) in [7, 11) is 5.47. The number of nitrogens with zero attached hydrogens (tertiary/aromatic N) is 3. The minimum atomic E-state index is -0.114. The van der Waals surface area contributed by atoms with Crippen LogP contribution in [0.15, 0.2) is 36.7 Å². The molecule has 3 heterocycles. The summed E-state index contributed by atoms with van der Waals surface area (Å²) in [6.07, 6.45) is 10.4. The predicted molar refractivity (Wildman–Crippen MR) is 102 cm³/mol. The zero-order valence-electron chi connectivity index (χ0n) is 15.6. The molecule has 1 aliphatic heterocycles. The average Bonchev–Trinajstić information content (AvgIpc) is 3.24. The van der Waals surface area contributed by atoms with Gasteiger partial charge in [0.1, 0.15) is 5.69 Å². The molecule has 2 amide bonds. The Morgan fingerprint density at radius 1 is 1.19 bits per heavy atom. The first-order valence-electron chi connectivity index (χ1n) is 8.99. The molecular weight excluding hydrogens is 328 g/mol. The Labute approximate surface area is 154 Å². The van der Waals surface area contributed by atoms with Crippen molar-refractivity contribution in [3.63, 3.8) is 0 Å². The fourth-order valence-corrected chi connectivity index (χ4v) is 3.61. The van der Waals surface area contributed by atoms with Crippen molar-refractivity contribution in [3.05, 3.63) is 53.6 Å². The molecule has 1 aliphatic rings. The first kappa shape index (κ1) is 18.0. The van der Waals surface area contributed by atoms with Crippen molar-refractivity contribution in [2.24, 2.45) is 14.1 Å². The normalized spacial score (nSPS) is 17.7. The molecule has 0 bridgehead atoms. The van der Waals surface area contributed by atoms with Gasteiger partial charge in [0, 0.05) is 51.9 Å². The standard InChI is InChI=1S/C20H26N4O2/c1-21-20(26)18-9-8-16(23(18)3)17-6-4-5-12-24(17)19(25)10-7-15-11-13-22(2)14-15/h7-11,13-14,17H,4-6,12H2,1-3H3,(H,21,26)/b10-7+. The van der Waals surface area contributed by atoms with Crippen LogP contribution in [0.1, 0.15) is 47.1 Å². The molecule has 6 nitrogen and oxygen atoms in total. The molecule has 1 unspecified atom stereocenters. The van der Waals surface area contributed by atoms with Crippen molar-refractivity contribution in [2.45, 2.75) is 25.3 Å². The molecule has 2 aromatic heterocycles. The Kier molecular flexibility index (Phi) is 5.30. The van der Waals surface area contributed by atoms with Gasteiger partial charge in [-0.25, -0.2) is 0 Å². The number of hydrogen-bond acceptors (Lipinski definition) is 2. The Morgan fingerprint density at radius 2 is 2.00 bits per heavy atom. The molecule has 1 atom stereocenters. The zero-order valence-corrected chi connectivity index (χ0v) is 15.6. The monoisotopic (exact) mass is 354 g/mol. The highest BCUT2D eigenvalue weighted by atomic mass is 16.2. The Morgan fingerprint density at radius 3 is 2.69 bits per heavy atom. The Balaban J connectivity index is 1.82. The van der Waals surface area contributed by atoms with Gasteiger partial charge >= 0.3 is 0 Å². The van der Waals surface area contributed by atoms with E-state index in [0.717, 1.165) is 37.1 Å². The van der Waals surface area contributed by atoms with Crippen LogP contribution < -0.4 is 5.32 Å². The zero-order chi connectivity index (χ0) is 18.7. The number of hydrogen-bond donors (Lipinski definition) is 1. The molecule has 0 spiro atoms. The maximum absolute atomic E-state index is 12.8. The molecule has 0 aromatic carbocycles. The lowest BCUT2D eigenvalue weighted by atomic mass is 9.99. The largest absolute Gasteiger partial charge is 0.357 e. The summed E-state index contributed by atoms with van der Waals surface area (Å²) in [4.78, 5) is 26.7. The highest BCUT2D eigenvalue weighted by Gasteiger charge is 2.29. The molecule has 0 radical (unpaired) electrons. The highest BCUT2D eigenvalue weighted by Crippen LogP contribution is 2.32. The summed E-state index contributed by atoms with van der Waals surface area (Å²) in [5.41, 5.74) is 2.63. The van der Waals surface area contributed by atoms with Gasteiger partial charge in [0.15, 0.2) is 0 Å². The van der Waals surface area contributed by atoms with Gasteiger partial charge in [-0.05, 0) is 49.1 Å². The molecular formula is C20H26N4O2. The maximum Gasteiger partial charge on any atom is 0.267 e. The molecule has 1 saturated heterocycles. The van der Waals surface area contributed by atoms with Crippen LogP contribution in [0.4, 0.5) is 0 Å². The molecule has 138 valence electrons. The summed E-state index contributed by atoms with van der Waals surface area (Å²) < 4.78 is 3.86. The number of piperidine rings is 1. The minimum Gasteiger partial charge on any atom is -0.357 e. The van der Waals surface area contributed by atoms with Crippen molar-refractivity contribution in [1.29, 1.82) is 0 Å². The fraction of sp³-hybridized carbons (Fsp3) is 0.400. The van der Waals surface area contributed by atoms with Crippen molar-refractivity contribution in [2.75, 3.05) is 13.6 Å². The molecule has 3 rings (SSSR count). The second-order valence-corrected chi connectivity index (χ2v) is 6.77. The summed E-state index contributed by atoms with van der Waals surface area (Å²) >= 11 is 0. The highest BCUT2D eigenvalue weighted by molar-refractivity contribution is 5.93. The van der Waals surface area contributed by atoms with E-state index in [9.17, 15) is 9.59 Å². The first-order valence-corrected chi connectivity index (χ1v) is 8.99. The molecule has 0 aliphatic carbocycles. The number of aryl methyl sites for hydroxylation is 1. The smallest absolute Gasteiger partial charge is 0.267 e. The first-order chi connectivity index (χ1) is 12.5. The molecule has 0 saturated carbocycles. The van der Waals surface area contributed by atoms with Crippen LogP contribution in [0.3, 0.4) is 0 Å². The predicted octanol–water partition coefficient (Wildman–Crippen LogP) is 2.49. The number of aromatic nitrogens is 2. The second kappa shape index (κ2) is 7.64. The number of amides is 2. The third kappa shape index (κ3) is 3.59. The van der Waals surface area contributed by atoms with Gasteiger partial charge in [-0.3, -0.25) is 9.59 Å². The fourth-order valence-electron chi connectivity index (χ4n) is 3.61. The van der Waals surface area contributed by atoms with E-state index in [0.29, 0.717) is 5.69 Å². The molecule has 6 heteroatoms. The van der Waals surface area contributed by atoms with Crippen molar-refractivity contribution in [1.82, 2.24) is 19.4 Å². The Hall–Kier alpha value is -2.76. The van der Waals surface area contributed by atoms with Crippen LogP contribution in [0.5, 0.6) is 0 Å². The number of rotatable bonds is 4. The number of carbonyl (C=O) groups is 2. The quantitative estimate of drug-likeness (QED) is 0.858. The Bertz CT molecular complexity index is 831. The molecule has 1 N–H and O–H groups in total. The molecule has 26 heavy (non-hydrogen) atoms. The van der Waals surface area contributed by atoms with Crippen LogP contribution in [0.2, 0.25) is 0 Å². The van der Waals surface area contributed by atoms with Gasteiger partial charge in [0.05, 0.1) is 6.04 Å². The van der Waals surface area contributed by atoms with Crippen molar-refractivity contribution in [3.8, 4) is 0 Å². The maximum atomic E-state index is 12.8. The van der Waals surface area contributed by atoms with E-state index in [2.05, 4.69) is 5.32 Å². The van der Waals surface area contributed by atoms with E-state index < -0.39 is 0 Å². The van der Waals surface area contributed by atoms with Gasteiger partial charge in [-0.2, -0.15) is 0 Å². The summed E-state index contributed by atoms with van der Waals surface area (Å²) in [5.74, 6) is -0.0994. The van der Waals surface area contributed by atoms with E-state index in [1.54, 1.807) is 13.1 Å². The van der Waals surface area contributed by atoms with E-state index in [1.807, 2.05) is 64.8 Å². The van der Waals surface area contributed by atoms with Crippen LogP contribution in [-0.2, 0) is 18.9 Å². The summed E-state index contributed by atoms with van der Waals surface area (Å²) in [6, 6.07) is 5.76. The third-order valence-electron chi connectivity index (χ3n) is 5.02. The van der Waals surface area contributed by atoms with Gasteiger partial charge in [-0.15, -0.1) is 0 Å². The van der Waals surface area contributed by atoms with Crippen molar-refractivity contribution < 1.29 is 9.59 Å². The lowest BCUT2D eigenvalue weighted by molar-refractivity contribution is -0.129. The van der Waals surface area contributed by atoms with Gasteiger partial charge in [-0.1, -0.05) is 0 Å². The van der Waals surface area contributed by atoms with Gasteiger partial charge < -0.3 is 19.4 Å². The number of likely N-dealkylation sites (tertiary alicyclic amines) is 1. The van der Waals surface area contributed by atoms with Crippen LogP contribution >= 0.6 is 0 Å². The van der Waals surface area contributed by atoms with Crippen molar-refractivity contribution >= 4 is 17.9 Å². The number of nitrogens with one attached hydrogen (secondary N) is 1. The van der Waals surface area contributed by atoms with Gasteiger partial charge in [0.2, 0.25) is 5.91 Å². The summed E-state index contributed by atoms with van der Waals surface area (Å²) in [5, 5.41) is 2.66. The molecule has 1 fully saturated rings. The minimum absolute atomic E-state index is 0.0000736. The SMILES string of the molecule is CNC(=O)c1ccc(C2CCCCN2C(=O)/C=C/c2ccn(C)c2)n1C. The lowest BCUT2D eigenvalue weighted by Gasteiger charge is -2.35. The second-order valence-electron chi connectivity index (χ2n) is 6.77. The van der Waals surface area contributed by atoms with E-state index in [1.165, 1.54) is 0 Å². The van der Waals surface area contributed by atoms with Gasteiger partial charge in [0.25, 0.3) is 5.91 Å². The summed E-state index contributed by atoms with van der Waals surface area (Å²) in [6.45, 7) is 0.739. The van der Waals surface area contributed by atoms with E-state index in [4.69, 9.17) is 0 Å².